The molecule has 0 aromatic heterocycles. The third kappa shape index (κ3) is 4.36. The molecule has 1 aromatic rings. The molecule has 1 N–H and O–H groups in total. The Morgan fingerprint density at radius 2 is 1.56 bits per heavy atom. The normalized spacial score (nSPS) is 13.0. The van der Waals surface area contributed by atoms with Gasteiger partial charge in [-0.1, -0.05) is 57.0 Å². The monoisotopic (exact) mass is 219 g/mol. The van der Waals surface area contributed by atoms with Crippen LogP contribution in [0.25, 0.3) is 0 Å². The van der Waals surface area contributed by atoms with Gasteiger partial charge >= 0.3 is 0 Å². The van der Waals surface area contributed by atoms with Crippen LogP contribution in [0.2, 0.25) is 0 Å². The summed E-state index contributed by atoms with van der Waals surface area (Å²) in [5, 5.41) is 3.74. The minimum absolute atomic E-state index is 0.462. The molecule has 0 heterocycles. The number of nitrogens with one attached hydrogen (secondary N) is 1. The number of benzene rings is 1. The molecule has 1 rings (SSSR count). The van der Waals surface area contributed by atoms with E-state index in [9.17, 15) is 0 Å². The van der Waals surface area contributed by atoms with Crippen LogP contribution in [0.15, 0.2) is 30.3 Å². The fourth-order valence-corrected chi connectivity index (χ4v) is 2.20. The molecule has 0 spiro atoms. The van der Waals surface area contributed by atoms with Gasteiger partial charge in [-0.15, -0.1) is 0 Å². The Bertz CT molecular complexity index is 262. The molecular formula is C15H25N. The van der Waals surface area contributed by atoms with E-state index in [4.69, 9.17) is 0 Å². The van der Waals surface area contributed by atoms with Gasteiger partial charge in [-0.05, 0) is 25.3 Å². The molecule has 0 saturated heterocycles. The quantitative estimate of drug-likeness (QED) is 0.720. The molecule has 1 nitrogen and oxygen atoms in total. The topological polar surface area (TPSA) is 12.0 Å². The second kappa shape index (κ2) is 7.45. The van der Waals surface area contributed by atoms with Crippen molar-refractivity contribution in [2.45, 2.75) is 58.5 Å². The van der Waals surface area contributed by atoms with Crippen LogP contribution in [0.4, 0.5) is 0 Å². The zero-order chi connectivity index (χ0) is 11.8. The zero-order valence-corrected chi connectivity index (χ0v) is 10.9. The lowest BCUT2D eigenvalue weighted by Crippen LogP contribution is -2.31. The summed E-state index contributed by atoms with van der Waals surface area (Å²) in [6.07, 6.45) is 5.09. The van der Waals surface area contributed by atoms with Gasteiger partial charge in [0.25, 0.3) is 0 Å². The van der Waals surface area contributed by atoms with E-state index in [1.807, 2.05) is 0 Å². The standard InChI is InChI=1S/C15H25N/c1-4-9-15(10-5-2)16-13(3)14-11-7-6-8-12-14/h6-8,11-13,15-16H,4-5,9-10H2,1-3H3/t13-/m1/s1. The van der Waals surface area contributed by atoms with Gasteiger partial charge in [0.1, 0.15) is 0 Å². The predicted octanol–water partition coefficient (Wildman–Crippen LogP) is 4.31. The first-order valence-corrected chi connectivity index (χ1v) is 6.58. The van der Waals surface area contributed by atoms with Crippen LogP contribution in [0.1, 0.15) is 58.1 Å². The van der Waals surface area contributed by atoms with Gasteiger partial charge in [-0.2, -0.15) is 0 Å². The van der Waals surface area contributed by atoms with Gasteiger partial charge in [0, 0.05) is 12.1 Å². The van der Waals surface area contributed by atoms with Crippen LogP contribution in [-0.2, 0) is 0 Å². The summed E-state index contributed by atoms with van der Waals surface area (Å²) in [6, 6.07) is 11.8. The first kappa shape index (κ1) is 13.2. The summed E-state index contributed by atoms with van der Waals surface area (Å²) in [7, 11) is 0. The van der Waals surface area contributed by atoms with E-state index in [2.05, 4.69) is 56.4 Å². The fourth-order valence-electron chi connectivity index (χ4n) is 2.20. The lowest BCUT2D eigenvalue weighted by molar-refractivity contribution is 0.402. The maximum Gasteiger partial charge on any atom is 0.0294 e. The Morgan fingerprint density at radius 3 is 2.06 bits per heavy atom. The third-order valence-electron chi connectivity index (χ3n) is 3.06. The fraction of sp³-hybridized carbons (Fsp3) is 0.600. The lowest BCUT2D eigenvalue weighted by atomic mass is 10.0. The van der Waals surface area contributed by atoms with Gasteiger partial charge in [0.15, 0.2) is 0 Å². The average Bonchev–Trinajstić information content (AvgIpc) is 2.31. The highest BCUT2D eigenvalue weighted by molar-refractivity contribution is 5.18. The Labute approximate surface area is 100 Å². The molecule has 90 valence electrons. The third-order valence-corrected chi connectivity index (χ3v) is 3.06. The van der Waals surface area contributed by atoms with Crippen molar-refractivity contribution in [3.63, 3.8) is 0 Å². The molecule has 1 aromatic carbocycles. The minimum Gasteiger partial charge on any atom is -0.307 e. The highest BCUT2D eigenvalue weighted by Crippen LogP contribution is 2.15. The minimum atomic E-state index is 0.462. The zero-order valence-electron chi connectivity index (χ0n) is 10.9. The van der Waals surface area contributed by atoms with Gasteiger partial charge in [-0.25, -0.2) is 0 Å². The second-order valence-electron chi connectivity index (χ2n) is 4.57. The van der Waals surface area contributed by atoms with Crippen LogP contribution in [0.5, 0.6) is 0 Å². The van der Waals surface area contributed by atoms with Gasteiger partial charge in [0.05, 0.1) is 0 Å². The molecule has 0 fully saturated rings. The SMILES string of the molecule is CCCC(CCC)N[C@H](C)c1ccccc1. The van der Waals surface area contributed by atoms with Crippen molar-refractivity contribution in [1.29, 1.82) is 0 Å². The van der Waals surface area contributed by atoms with E-state index in [0.717, 1.165) is 0 Å². The molecule has 0 amide bonds. The van der Waals surface area contributed by atoms with Crippen molar-refractivity contribution in [2.24, 2.45) is 0 Å². The van der Waals surface area contributed by atoms with E-state index in [-0.39, 0.29) is 0 Å². The number of hydrogen-bond donors (Lipinski definition) is 1. The molecule has 0 saturated carbocycles. The van der Waals surface area contributed by atoms with Crippen molar-refractivity contribution in [1.82, 2.24) is 5.32 Å². The van der Waals surface area contributed by atoms with Crippen molar-refractivity contribution in [3.8, 4) is 0 Å². The summed E-state index contributed by atoms with van der Waals surface area (Å²) in [4.78, 5) is 0. The lowest BCUT2D eigenvalue weighted by Gasteiger charge is -2.23. The second-order valence-corrected chi connectivity index (χ2v) is 4.57. The van der Waals surface area contributed by atoms with Gasteiger partial charge < -0.3 is 5.32 Å². The van der Waals surface area contributed by atoms with Crippen LogP contribution in [0.3, 0.4) is 0 Å². The summed E-state index contributed by atoms with van der Waals surface area (Å²) in [5.41, 5.74) is 1.39. The molecule has 0 radical (unpaired) electrons. The van der Waals surface area contributed by atoms with E-state index in [1.165, 1.54) is 31.2 Å². The molecule has 16 heavy (non-hydrogen) atoms. The van der Waals surface area contributed by atoms with Gasteiger partial charge in [0.2, 0.25) is 0 Å². The van der Waals surface area contributed by atoms with Gasteiger partial charge in [-0.3, -0.25) is 0 Å². The summed E-state index contributed by atoms with van der Waals surface area (Å²) >= 11 is 0. The molecule has 0 aliphatic heterocycles. The smallest absolute Gasteiger partial charge is 0.0294 e. The highest BCUT2D eigenvalue weighted by Gasteiger charge is 2.11. The van der Waals surface area contributed by atoms with Crippen molar-refractivity contribution in [3.05, 3.63) is 35.9 Å². The molecule has 1 atom stereocenters. The first-order valence-electron chi connectivity index (χ1n) is 6.58. The van der Waals surface area contributed by atoms with Crippen LogP contribution < -0.4 is 5.32 Å². The molecular weight excluding hydrogens is 194 g/mol. The van der Waals surface area contributed by atoms with E-state index >= 15 is 0 Å². The van der Waals surface area contributed by atoms with E-state index < -0.39 is 0 Å². The number of hydrogen-bond acceptors (Lipinski definition) is 1. The van der Waals surface area contributed by atoms with Crippen molar-refractivity contribution < 1.29 is 0 Å². The highest BCUT2D eigenvalue weighted by atomic mass is 14.9. The Balaban J connectivity index is 2.50. The first-order chi connectivity index (χ1) is 7.77. The molecule has 0 aliphatic rings. The average molecular weight is 219 g/mol. The Kier molecular flexibility index (Phi) is 6.17. The van der Waals surface area contributed by atoms with E-state index in [1.54, 1.807) is 0 Å². The summed E-state index contributed by atoms with van der Waals surface area (Å²) in [5.74, 6) is 0. The molecule has 1 heteroatoms. The van der Waals surface area contributed by atoms with E-state index in [0.29, 0.717) is 12.1 Å². The molecule has 0 unspecified atom stereocenters. The maximum absolute atomic E-state index is 3.74. The van der Waals surface area contributed by atoms with Crippen LogP contribution in [-0.4, -0.2) is 6.04 Å². The largest absolute Gasteiger partial charge is 0.307 e. The summed E-state index contributed by atoms with van der Waals surface area (Å²) < 4.78 is 0. The molecule has 0 bridgehead atoms. The Morgan fingerprint density at radius 1 is 1.00 bits per heavy atom. The number of rotatable bonds is 7. The molecule has 0 aliphatic carbocycles. The summed E-state index contributed by atoms with van der Waals surface area (Å²) in [6.45, 7) is 6.78. The predicted molar refractivity (Wildman–Crippen MR) is 71.6 cm³/mol. The Hall–Kier alpha value is -0.820. The van der Waals surface area contributed by atoms with Crippen LogP contribution >= 0.6 is 0 Å². The maximum atomic E-state index is 3.74. The van der Waals surface area contributed by atoms with Crippen molar-refractivity contribution >= 4 is 0 Å². The van der Waals surface area contributed by atoms with Crippen LogP contribution in [0, 0.1) is 0 Å². The van der Waals surface area contributed by atoms with Crippen molar-refractivity contribution in [2.75, 3.05) is 0 Å².